The van der Waals surface area contributed by atoms with Crippen LogP contribution in [0.15, 0.2) is 83.8 Å². The lowest BCUT2D eigenvalue weighted by Gasteiger charge is -2.23. The van der Waals surface area contributed by atoms with Crippen molar-refractivity contribution in [2.24, 2.45) is 0 Å². The Morgan fingerprint density at radius 1 is 0.806 bits per heavy atom. The summed E-state index contributed by atoms with van der Waals surface area (Å²) in [7, 11) is -2.61. The van der Waals surface area contributed by atoms with Crippen molar-refractivity contribution in [1.82, 2.24) is 0 Å². The summed E-state index contributed by atoms with van der Waals surface area (Å²) < 4.78 is 43.3. The molecule has 0 heterocycles. The number of hydrogen-bond donors (Lipinski definition) is 0. The molecule has 0 saturated heterocycles. The molecule has 0 aliphatic heterocycles. The van der Waals surface area contributed by atoms with Crippen LogP contribution in [0.2, 0.25) is 0 Å². The van der Waals surface area contributed by atoms with Crippen molar-refractivity contribution in [1.29, 1.82) is 0 Å². The molecule has 7 nitrogen and oxygen atoms in total. The number of hydrogen-bond acceptors (Lipinski definition) is 6. The molecule has 8 heteroatoms. The van der Waals surface area contributed by atoms with E-state index in [2.05, 4.69) is 0 Å². The van der Waals surface area contributed by atoms with E-state index in [1.54, 1.807) is 61.7 Å². The molecule has 0 atom stereocenters. The quantitative estimate of drug-likeness (QED) is 0.501. The van der Waals surface area contributed by atoms with E-state index in [0.29, 0.717) is 23.9 Å². The first-order valence-corrected chi connectivity index (χ1v) is 11.0. The fraction of sp³-hybridized carbons (Fsp3) is 0.174. The first kappa shape index (κ1) is 22.2. The third-order valence-corrected chi connectivity index (χ3v) is 6.07. The van der Waals surface area contributed by atoms with Crippen LogP contribution in [0.1, 0.15) is 6.92 Å². The Labute approximate surface area is 181 Å². The predicted molar refractivity (Wildman–Crippen MR) is 117 cm³/mol. The summed E-state index contributed by atoms with van der Waals surface area (Å²) in [6, 6.07) is 20.7. The van der Waals surface area contributed by atoms with Crippen molar-refractivity contribution in [2.45, 2.75) is 11.8 Å². The van der Waals surface area contributed by atoms with Crippen molar-refractivity contribution >= 4 is 21.6 Å². The standard InChI is InChI=1S/C23H23NO6S/c1-3-29-20-11-9-18(10-12-20)24(31(26,27)22-7-5-4-6-8-22)23(25)17-30-21-15-13-19(28-2)14-16-21/h4-16H,3,17H2,1-2H3. The summed E-state index contributed by atoms with van der Waals surface area (Å²) in [5.41, 5.74) is 0.190. The van der Waals surface area contributed by atoms with Crippen molar-refractivity contribution in [3.05, 3.63) is 78.9 Å². The summed E-state index contributed by atoms with van der Waals surface area (Å²) in [6.07, 6.45) is 0. The summed E-state index contributed by atoms with van der Waals surface area (Å²) in [5.74, 6) is 0.897. The maximum atomic E-state index is 13.3. The van der Waals surface area contributed by atoms with Crippen LogP contribution >= 0.6 is 0 Å². The third kappa shape index (κ3) is 5.35. The van der Waals surface area contributed by atoms with Gasteiger partial charge in [0.25, 0.3) is 15.9 Å². The summed E-state index contributed by atoms with van der Waals surface area (Å²) in [6.45, 7) is 1.85. The Morgan fingerprint density at radius 3 is 1.94 bits per heavy atom. The number of benzene rings is 3. The Balaban J connectivity index is 1.89. The molecule has 0 fully saturated rings. The lowest BCUT2D eigenvalue weighted by Crippen LogP contribution is -2.40. The second-order valence-corrected chi connectivity index (χ2v) is 8.15. The van der Waals surface area contributed by atoms with Gasteiger partial charge in [0, 0.05) is 0 Å². The van der Waals surface area contributed by atoms with Gasteiger partial charge in [-0.25, -0.2) is 8.42 Å². The van der Waals surface area contributed by atoms with Crippen molar-refractivity contribution in [2.75, 3.05) is 24.6 Å². The normalized spacial score (nSPS) is 10.9. The Morgan fingerprint density at radius 2 is 1.35 bits per heavy atom. The van der Waals surface area contributed by atoms with Gasteiger partial charge in [0.1, 0.15) is 17.2 Å². The molecule has 0 aliphatic carbocycles. The number of nitrogens with zero attached hydrogens (tertiary/aromatic N) is 1. The van der Waals surface area contributed by atoms with Crippen LogP contribution in [0.25, 0.3) is 0 Å². The zero-order valence-corrected chi connectivity index (χ0v) is 18.0. The average molecular weight is 442 g/mol. The topological polar surface area (TPSA) is 82.1 Å². The zero-order chi connectivity index (χ0) is 22.3. The lowest BCUT2D eigenvalue weighted by atomic mass is 10.3. The van der Waals surface area contributed by atoms with Crippen LogP contribution in [0.4, 0.5) is 5.69 Å². The Hall–Kier alpha value is -3.52. The van der Waals surface area contributed by atoms with Gasteiger partial charge in [-0.15, -0.1) is 0 Å². The largest absolute Gasteiger partial charge is 0.497 e. The van der Waals surface area contributed by atoms with Gasteiger partial charge in [-0.3, -0.25) is 4.79 Å². The van der Waals surface area contributed by atoms with Gasteiger partial charge in [0.15, 0.2) is 6.61 Å². The highest BCUT2D eigenvalue weighted by molar-refractivity contribution is 7.93. The van der Waals surface area contributed by atoms with Gasteiger partial charge in [-0.2, -0.15) is 4.31 Å². The van der Waals surface area contributed by atoms with Gasteiger partial charge >= 0.3 is 0 Å². The number of amides is 1. The highest BCUT2D eigenvalue weighted by atomic mass is 32.2. The Kier molecular flexibility index (Phi) is 7.15. The SMILES string of the molecule is CCOc1ccc(N(C(=O)COc2ccc(OC)cc2)S(=O)(=O)c2ccccc2)cc1. The molecule has 3 rings (SSSR count). The van der Waals surface area contributed by atoms with Crippen LogP contribution in [-0.2, 0) is 14.8 Å². The van der Waals surface area contributed by atoms with E-state index in [9.17, 15) is 13.2 Å². The number of carbonyl (C=O) groups is 1. The van der Waals surface area contributed by atoms with Crippen LogP contribution < -0.4 is 18.5 Å². The molecule has 0 bridgehead atoms. The molecule has 0 saturated carbocycles. The maximum absolute atomic E-state index is 13.3. The van der Waals surface area contributed by atoms with Gasteiger partial charge in [0.2, 0.25) is 0 Å². The van der Waals surface area contributed by atoms with Crippen molar-refractivity contribution in [3.8, 4) is 17.2 Å². The first-order chi connectivity index (χ1) is 15.0. The molecular formula is C23H23NO6S. The minimum Gasteiger partial charge on any atom is -0.497 e. The number of sulfonamides is 1. The number of methoxy groups -OCH3 is 1. The second kappa shape index (κ2) is 9.99. The summed E-state index contributed by atoms with van der Waals surface area (Å²) in [4.78, 5) is 13.0. The summed E-state index contributed by atoms with van der Waals surface area (Å²) in [5, 5.41) is 0. The molecule has 0 N–H and O–H groups in total. The van der Waals surface area contributed by atoms with Crippen LogP contribution in [0.3, 0.4) is 0 Å². The first-order valence-electron chi connectivity index (χ1n) is 9.58. The van der Waals surface area contributed by atoms with E-state index in [0.717, 1.165) is 4.31 Å². The van der Waals surface area contributed by atoms with Crippen LogP contribution in [0, 0.1) is 0 Å². The average Bonchev–Trinajstić information content (AvgIpc) is 2.80. The smallest absolute Gasteiger partial charge is 0.278 e. The van der Waals surface area contributed by atoms with Gasteiger partial charge in [0.05, 0.1) is 24.3 Å². The van der Waals surface area contributed by atoms with Crippen molar-refractivity contribution in [3.63, 3.8) is 0 Å². The number of anilines is 1. The maximum Gasteiger partial charge on any atom is 0.278 e. The van der Waals surface area contributed by atoms with E-state index in [1.807, 2.05) is 6.92 Å². The van der Waals surface area contributed by atoms with Gasteiger partial charge in [-0.1, -0.05) is 18.2 Å². The fourth-order valence-corrected chi connectivity index (χ4v) is 4.27. The fourth-order valence-electron chi connectivity index (χ4n) is 2.83. The van der Waals surface area contributed by atoms with Crippen LogP contribution in [0.5, 0.6) is 17.2 Å². The van der Waals surface area contributed by atoms with Gasteiger partial charge in [-0.05, 0) is 67.6 Å². The second-order valence-electron chi connectivity index (χ2n) is 6.37. The van der Waals surface area contributed by atoms with E-state index in [4.69, 9.17) is 14.2 Å². The van der Waals surface area contributed by atoms with Crippen molar-refractivity contribution < 1.29 is 27.4 Å². The molecule has 0 radical (unpaired) electrons. The van der Waals surface area contributed by atoms with E-state index in [1.165, 1.54) is 24.3 Å². The Bertz CT molecular complexity index is 1100. The van der Waals surface area contributed by atoms with E-state index >= 15 is 0 Å². The molecule has 0 aromatic heterocycles. The molecule has 0 aliphatic rings. The zero-order valence-electron chi connectivity index (χ0n) is 17.2. The molecule has 1 amide bonds. The van der Waals surface area contributed by atoms with E-state index < -0.39 is 22.5 Å². The minimum atomic E-state index is -4.15. The highest BCUT2D eigenvalue weighted by Gasteiger charge is 2.31. The molecule has 162 valence electrons. The molecule has 31 heavy (non-hydrogen) atoms. The molecular weight excluding hydrogens is 418 g/mol. The van der Waals surface area contributed by atoms with E-state index in [-0.39, 0.29) is 10.6 Å². The molecule has 3 aromatic rings. The molecule has 3 aromatic carbocycles. The molecule has 0 unspecified atom stereocenters. The monoisotopic (exact) mass is 441 g/mol. The highest BCUT2D eigenvalue weighted by Crippen LogP contribution is 2.26. The molecule has 0 spiro atoms. The summed E-state index contributed by atoms with van der Waals surface area (Å²) >= 11 is 0. The third-order valence-electron chi connectivity index (χ3n) is 4.31. The number of carbonyl (C=O) groups excluding carboxylic acids is 1. The van der Waals surface area contributed by atoms with Crippen LogP contribution in [-0.4, -0.2) is 34.6 Å². The number of ether oxygens (including phenoxy) is 3. The van der Waals surface area contributed by atoms with Gasteiger partial charge < -0.3 is 14.2 Å². The lowest BCUT2D eigenvalue weighted by molar-refractivity contribution is -0.119. The minimum absolute atomic E-state index is 0.00156. The predicted octanol–water partition coefficient (Wildman–Crippen LogP) is 3.89. The number of rotatable bonds is 9.